The molecular formula is C22H28N2O3. The van der Waals surface area contributed by atoms with Crippen LogP contribution in [-0.2, 0) is 17.8 Å². The van der Waals surface area contributed by atoms with Crippen molar-refractivity contribution in [2.75, 3.05) is 26.4 Å². The SMILES string of the molecule is C[C@H](Cc1ccc2c(c1)OCO2)CN1CCC(OCc2ccccn2)CC1. The summed E-state index contributed by atoms with van der Waals surface area (Å²) in [4.78, 5) is 6.89. The molecule has 4 rings (SSSR count). The maximum absolute atomic E-state index is 6.05. The number of aromatic nitrogens is 1. The summed E-state index contributed by atoms with van der Waals surface area (Å²) in [7, 11) is 0. The minimum absolute atomic E-state index is 0.339. The fraction of sp³-hybridized carbons (Fsp3) is 0.500. The fourth-order valence-electron chi connectivity index (χ4n) is 3.92. The van der Waals surface area contributed by atoms with Crippen molar-refractivity contribution in [3.63, 3.8) is 0 Å². The molecule has 1 saturated heterocycles. The van der Waals surface area contributed by atoms with Crippen LogP contribution >= 0.6 is 0 Å². The molecule has 0 radical (unpaired) electrons. The molecule has 27 heavy (non-hydrogen) atoms. The summed E-state index contributed by atoms with van der Waals surface area (Å²) in [5.41, 5.74) is 2.33. The lowest BCUT2D eigenvalue weighted by Crippen LogP contribution is -2.39. The Bertz CT molecular complexity index is 730. The van der Waals surface area contributed by atoms with E-state index in [1.807, 2.05) is 30.5 Å². The number of likely N-dealkylation sites (tertiary alicyclic amines) is 1. The predicted molar refractivity (Wildman–Crippen MR) is 104 cm³/mol. The smallest absolute Gasteiger partial charge is 0.231 e. The molecule has 1 atom stereocenters. The Morgan fingerprint density at radius 2 is 2.00 bits per heavy atom. The maximum atomic E-state index is 6.05. The topological polar surface area (TPSA) is 43.8 Å². The van der Waals surface area contributed by atoms with Crippen LogP contribution in [0.1, 0.15) is 31.0 Å². The van der Waals surface area contributed by atoms with Crippen molar-refractivity contribution >= 4 is 0 Å². The van der Waals surface area contributed by atoms with Gasteiger partial charge in [-0.3, -0.25) is 4.98 Å². The van der Waals surface area contributed by atoms with Crippen molar-refractivity contribution < 1.29 is 14.2 Å². The summed E-state index contributed by atoms with van der Waals surface area (Å²) < 4.78 is 16.9. The zero-order valence-corrected chi connectivity index (χ0v) is 16.0. The molecule has 2 aliphatic heterocycles. The van der Waals surface area contributed by atoms with Crippen LogP contribution in [0.2, 0.25) is 0 Å². The van der Waals surface area contributed by atoms with Crippen LogP contribution in [-0.4, -0.2) is 42.4 Å². The van der Waals surface area contributed by atoms with E-state index in [2.05, 4.69) is 28.9 Å². The van der Waals surface area contributed by atoms with Gasteiger partial charge in [-0.2, -0.15) is 0 Å². The molecular weight excluding hydrogens is 340 g/mol. The van der Waals surface area contributed by atoms with Crippen molar-refractivity contribution in [1.82, 2.24) is 9.88 Å². The minimum Gasteiger partial charge on any atom is -0.454 e. The van der Waals surface area contributed by atoms with Crippen LogP contribution in [0.4, 0.5) is 0 Å². The van der Waals surface area contributed by atoms with Crippen LogP contribution in [0, 0.1) is 5.92 Å². The number of nitrogens with zero attached hydrogens (tertiary/aromatic N) is 2. The predicted octanol–water partition coefficient (Wildman–Crippen LogP) is 3.67. The number of hydrogen-bond donors (Lipinski definition) is 0. The Morgan fingerprint density at radius 1 is 1.15 bits per heavy atom. The third-order valence-electron chi connectivity index (χ3n) is 5.32. The van der Waals surface area contributed by atoms with Gasteiger partial charge >= 0.3 is 0 Å². The lowest BCUT2D eigenvalue weighted by atomic mass is 9.98. The summed E-state index contributed by atoms with van der Waals surface area (Å²) >= 11 is 0. The van der Waals surface area contributed by atoms with Crippen molar-refractivity contribution in [2.24, 2.45) is 5.92 Å². The lowest BCUT2D eigenvalue weighted by Gasteiger charge is -2.33. The first-order valence-corrected chi connectivity index (χ1v) is 9.88. The van der Waals surface area contributed by atoms with Crippen molar-refractivity contribution in [3.05, 3.63) is 53.9 Å². The molecule has 0 N–H and O–H groups in total. The summed E-state index contributed by atoms with van der Waals surface area (Å²) in [5, 5.41) is 0. The molecule has 1 aromatic heterocycles. The van der Waals surface area contributed by atoms with Crippen LogP contribution in [0.3, 0.4) is 0 Å². The fourth-order valence-corrected chi connectivity index (χ4v) is 3.92. The van der Waals surface area contributed by atoms with Crippen molar-refractivity contribution in [1.29, 1.82) is 0 Å². The zero-order chi connectivity index (χ0) is 18.5. The number of fused-ring (bicyclic) bond motifs is 1. The molecule has 144 valence electrons. The molecule has 1 fully saturated rings. The molecule has 3 heterocycles. The first kappa shape index (κ1) is 18.3. The van der Waals surface area contributed by atoms with E-state index in [9.17, 15) is 0 Å². The van der Waals surface area contributed by atoms with Gasteiger partial charge in [0.05, 0.1) is 18.4 Å². The molecule has 2 aliphatic rings. The second-order valence-corrected chi connectivity index (χ2v) is 7.63. The van der Waals surface area contributed by atoms with Gasteiger partial charge in [0.2, 0.25) is 6.79 Å². The van der Waals surface area contributed by atoms with Gasteiger partial charge < -0.3 is 19.1 Å². The van der Waals surface area contributed by atoms with E-state index in [0.29, 0.717) is 25.4 Å². The largest absolute Gasteiger partial charge is 0.454 e. The third-order valence-corrected chi connectivity index (χ3v) is 5.32. The highest BCUT2D eigenvalue weighted by Gasteiger charge is 2.21. The molecule has 0 unspecified atom stereocenters. The van der Waals surface area contributed by atoms with Crippen LogP contribution in [0.15, 0.2) is 42.6 Å². The number of ether oxygens (including phenoxy) is 3. The highest BCUT2D eigenvalue weighted by atomic mass is 16.7. The first-order chi connectivity index (χ1) is 13.3. The van der Waals surface area contributed by atoms with E-state index in [-0.39, 0.29) is 0 Å². The third kappa shape index (κ3) is 4.99. The van der Waals surface area contributed by atoms with E-state index < -0.39 is 0 Å². The summed E-state index contributed by atoms with van der Waals surface area (Å²) in [5.74, 6) is 2.35. The second-order valence-electron chi connectivity index (χ2n) is 7.63. The quantitative estimate of drug-likeness (QED) is 0.746. The Hall–Kier alpha value is -2.11. The molecule has 5 nitrogen and oxygen atoms in total. The number of piperidine rings is 1. The van der Waals surface area contributed by atoms with Gasteiger partial charge in [-0.15, -0.1) is 0 Å². The molecule has 0 amide bonds. The number of hydrogen-bond acceptors (Lipinski definition) is 5. The van der Waals surface area contributed by atoms with Gasteiger partial charge in [-0.25, -0.2) is 0 Å². The normalized spacial score (nSPS) is 18.6. The van der Waals surface area contributed by atoms with Crippen molar-refractivity contribution in [3.8, 4) is 11.5 Å². The van der Waals surface area contributed by atoms with Gasteiger partial charge in [0, 0.05) is 25.8 Å². The van der Waals surface area contributed by atoms with Crippen molar-refractivity contribution in [2.45, 2.75) is 38.9 Å². The number of rotatable bonds is 7. The van der Waals surface area contributed by atoms with Crippen LogP contribution in [0.25, 0.3) is 0 Å². The Labute approximate surface area is 161 Å². The van der Waals surface area contributed by atoms with E-state index in [1.54, 1.807) is 0 Å². The van der Waals surface area contributed by atoms with E-state index >= 15 is 0 Å². The minimum atomic E-state index is 0.339. The molecule has 0 saturated carbocycles. The number of pyridine rings is 1. The maximum Gasteiger partial charge on any atom is 0.231 e. The van der Waals surface area contributed by atoms with E-state index in [1.165, 1.54) is 5.56 Å². The molecule has 0 bridgehead atoms. The first-order valence-electron chi connectivity index (χ1n) is 9.88. The highest BCUT2D eigenvalue weighted by molar-refractivity contribution is 5.44. The molecule has 0 aliphatic carbocycles. The van der Waals surface area contributed by atoms with Gasteiger partial charge in [0.1, 0.15) is 0 Å². The van der Waals surface area contributed by atoms with Crippen LogP contribution in [0.5, 0.6) is 11.5 Å². The summed E-state index contributed by atoms with van der Waals surface area (Å²) in [6.45, 7) is 6.63. The van der Waals surface area contributed by atoms with Gasteiger partial charge in [0.15, 0.2) is 11.5 Å². The molecule has 2 aromatic rings. The Kier molecular flexibility index (Phi) is 5.90. The van der Waals surface area contributed by atoms with Gasteiger partial charge in [-0.05, 0) is 55.0 Å². The van der Waals surface area contributed by atoms with Crippen LogP contribution < -0.4 is 9.47 Å². The number of benzene rings is 1. The lowest BCUT2D eigenvalue weighted by molar-refractivity contribution is -0.00589. The van der Waals surface area contributed by atoms with E-state index in [0.717, 1.165) is 56.1 Å². The standard InChI is InChI=1S/C22H28N2O3/c1-17(12-18-5-6-21-22(13-18)27-16-26-21)14-24-10-7-20(8-11-24)25-15-19-4-2-3-9-23-19/h2-6,9,13,17,20H,7-8,10-12,14-16H2,1H3/t17-/m1/s1. The average molecular weight is 368 g/mol. The van der Waals surface area contributed by atoms with Gasteiger partial charge in [0.25, 0.3) is 0 Å². The Balaban J connectivity index is 1.18. The van der Waals surface area contributed by atoms with E-state index in [4.69, 9.17) is 14.2 Å². The molecule has 1 aromatic carbocycles. The second kappa shape index (κ2) is 8.72. The molecule has 5 heteroatoms. The van der Waals surface area contributed by atoms with Gasteiger partial charge in [-0.1, -0.05) is 19.1 Å². The monoisotopic (exact) mass is 368 g/mol. The Morgan fingerprint density at radius 3 is 2.81 bits per heavy atom. The zero-order valence-electron chi connectivity index (χ0n) is 16.0. The summed E-state index contributed by atoms with van der Waals surface area (Å²) in [6, 6.07) is 12.3. The molecule has 0 spiro atoms. The average Bonchev–Trinajstić information content (AvgIpc) is 3.16. The highest BCUT2D eigenvalue weighted by Crippen LogP contribution is 2.33. The summed E-state index contributed by atoms with van der Waals surface area (Å²) in [6.07, 6.45) is 5.44.